The van der Waals surface area contributed by atoms with E-state index in [4.69, 9.17) is 15.2 Å². The third-order valence-corrected chi connectivity index (χ3v) is 5.67. The van der Waals surface area contributed by atoms with Crippen LogP contribution in [0.3, 0.4) is 0 Å². The first-order valence-corrected chi connectivity index (χ1v) is 8.94. The fourth-order valence-corrected chi connectivity index (χ4v) is 4.25. The highest BCUT2D eigenvalue weighted by molar-refractivity contribution is 7.89. The van der Waals surface area contributed by atoms with Crippen molar-refractivity contribution in [2.75, 3.05) is 20.8 Å². The van der Waals surface area contributed by atoms with Gasteiger partial charge in [0.25, 0.3) is 0 Å². The van der Waals surface area contributed by atoms with Crippen LogP contribution in [0.1, 0.15) is 25.7 Å². The summed E-state index contributed by atoms with van der Waals surface area (Å²) in [5, 5.41) is 0. The summed E-state index contributed by atoms with van der Waals surface area (Å²) in [4.78, 5) is 0.173. The van der Waals surface area contributed by atoms with E-state index in [9.17, 15) is 8.42 Å². The number of sulfonamides is 1. The SMILES string of the molecule is COc1ccc(S(=O)(=O)NC2CCCCC2CN)cc1OC.Cl. The van der Waals surface area contributed by atoms with Gasteiger partial charge in [-0.05, 0) is 37.4 Å². The van der Waals surface area contributed by atoms with Gasteiger partial charge >= 0.3 is 0 Å². The predicted octanol–water partition coefficient (Wildman–Crippen LogP) is 1.92. The van der Waals surface area contributed by atoms with Crippen LogP contribution in [0.4, 0.5) is 0 Å². The molecule has 132 valence electrons. The molecular formula is C15H25ClN2O4S. The minimum atomic E-state index is -3.60. The second-order valence-electron chi connectivity index (χ2n) is 5.52. The summed E-state index contributed by atoms with van der Waals surface area (Å²) in [5.41, 5.74) is 5.76. The summed E-state index contributed by atoms with van der Waals surface area (Å²) in [6.07, 6.45) is 3.93. The summed E-state index contributed by atoms with van der Waals surface area (Å²) >= 11 is 0. The largest absolute Gasteiger partial charge is 0.493 e. The molecule has 2 rings (SSSR count). The topological polar surface area (TPSA) is 90.7 Å². The lowest BCUT2D eigenvalue weighted by molar-refractivity contribution is 0.296. The van der Waals surface area contributed by atoms with Crippen molar-refractivity contribution in [3.63, 3.8) is 0 Å². The Balaban J connectivity index is 0.00000264. The number of hydrogen-bond donors (Lipinski definition) is 2. The highest BCUT2D eigenvalue weighted by Crippen LogP contribution is 2.30. The van der Waals surface area contributed by atoms with E-state index < -0.39 is 10.0 Å². The Morgan fingerprint density at radius 1 is 1.17 bits per heavy atom. The van der Waals surface area contributed by atoms with Crippen molar-refractivity contribution in [3.8, 4) is 11.5 Å². The van der Waals surface area contributed by atoms with Crippen molar-refractivity contribution >= 4 is 22.4 Å². The summed E-state index contributed by atoms with van der Waals surface area (Å²) in [6.45, 7) is 0.499. The molecule has 6 nitrogen and oxygen atoms in total. The molecule has 0 spiro atoms. The third kappa shape index (κ3) is 4.73. The van der Waals surface area contributed by atoms with Gasteiger partial charge in [-0.2, -0.15) is 0 Å². The second kappa shape index (κ2) is 8.73. The molecule has 1 saturated carbocycles. The molecule has 23 heavy (non-hydrogen) atoms. The smallest absolute Gasteiger partial charge is 0.240 e. The normalized spacial score (nSPS) is 21.3. The van der Waals surface area contributed by atoms with Crippen molar-refractivity contribution in [1.29, 1.82) is 0 Å². The van der Waals surface area contributed by atoms with Crippen LogP contribution in [-0.2, 0) is 10.0 Å². The molecule has 0 saturated heterocycles. The molecule has 1 aliphatic carbocycles. The van der Waals surface area contributed by atoms with Crippen LogP contribution in [0.15, 0.2) is 23.1 Å². The van der Waals surface area contributed by atoms with Crippen LogP contribution in [0.2, 0.25) is 0 Å². The van der Waals surface area contributed by atoms with Gasteiger partial charge in [-0.15, -0.1) is 12.4 Å². The van der Waals surface area contributed by atoms with Gasteiger partial charge in [0.1, 0.15) is 0 Å². The van der Waals surface area contributed by atoms with Crippen LogP contribution in [0, 0.1) is 5.92 Å². The molecule has 1 aromatic carbocycles. The first-order chi connectivity index (χ1) is 10.5. The summed E-state index contributed by atoms with van der Waals surface area (Å²) in [6, 6.07) is 4.48. The van der Waals surface area contributed by atoms with Crippen molar-refractivity contribution in [2.24, 2.45) is 11.7 Å². The molecule has 1 aromatic rings. The molecule has 0 aliphatic heterocycles. The van der Waals surface area contributed by atoms with Crippen LogP contribution >= 0.6 is 12.4 Å². The number of hydrogen-bond acceptors (Lipinski definition) is 5. The monoisotopic (exact) mass is 364 g/mol. The van der Waals surface area contributed by atoms with Gasteiger partial charge < -0.3 is 15.2 Å². The van der Waals surface area contributed by atoms with Gasteiger partial charge in [-0.25, -0.2) is 13.1 Å². The Hall–Kier alpha value is -1.02. The fraction of sp³-hybridized carbons (Fsp3) is 0.600. The lowest BCUT2D eigenvalue weighted by Gasteiger charge is -2.31. The lowest BCUT2D eigenvalue weighted by atomic mass is 9.85. The quantitative estimate of drug-likeness (QED) is 0.804. The number of rotatable bonds is 6. The van der Waals surface area contributed by atoms with Gasteiger partial charge in [0.05, 0.1) is 19.1 Å². The molecule has 0 amide bonds. The zero-order valence-electron chi connectivity index (χ0n) is 13.4. The molecule has 0 heterocycles. The van der Waals surface area contributed by atoms with E-state index in [1.54, 1.807) is 6.07 Å². The van der Waals surface area contributed by atoms with E-state index in [0.717, 1.165) is 25.7 Å². The second-order valence-corrected chi connectivity index (χ2v) is 7.24. The number of benzene rings is 1. The number of nitrogens with one attached hydrogen (secondary N) is 1. The summed E-state index contributed by atoms with van der Waals surface area (Å²) in [7, 11) is -0.610. The molecule has 2 atom stereocenters. The minimum Gasteiger partial charge on any atom is -0.493 e. The molecule has 0 radical (unpaired) electrons. The van der Waals surface area contributed by atoms with Crippen molar-refractivity contribution in [2.45, 2.75) is 36.6 Å². The average molecular weight is 365 g/mol. The molecule has 2 unspecified atom stereocenters. The highest BCUT2D eigenvalue weighted by atomic mass is 35.5. The fourth-order valence-electron chi connectivity index (χ4n) is 2.90. The standard InChI is InChI=1S/C15H24N2O4S.ClH/c1-20-14-8-7-12(9-15(14)21-2)22(18,19)17-13-6-4-3-5-11(13)10-16;/h7-9,11,13,17H,3-6,10,16H2,1-2H3;1H. The highest BCUT2D eigenvalue weighted by Gasteiger charge is 2.29. The van der Waals surface area contributed by atoms with Gasteiger partial charge in [0, 0.05) is 12.1 Å². The Morgan fingerprint density at radius 2 is 1.83 bits per heavy atom. The Labute approximate surface area is 144 Å². The summed E-state index contributed by atoms with van der Waals surface area (Å²) in [5.74, 6) is 1.09. The average Bonchev–Trinajstić information content (AvgIpc) is 2.54. The van der Waals surface area contributed by atoms with Gasteiger partial charge in [0.2, 0.25) is 10.0 Å². The number of methoxy groups -OCH3 is 2. The van der Waals surface area contributed by atoms with Crippen LogP contribution in [-0.4, -0.2) is 35.2 Å². The van der Waals surface area contributed by atoms with E-state index in [2.05, 4.69) is 4.72 Å². The zero-order valence-corrected chi connectivity index (χ0v) is 15.1. The van der Waals surface area contributed by atoms with E-state index >= 15 is 0 Å². The molecular weight excluding hydrogens is 340 g/mol. The molecule has 0 bridgehead atoms. The van der Waals surface area contributed by atoms with E-state index in [-0.39, 0.29) is 29.3 Å². The number of halogens is 1. The minimum absolute atomic E-state index is 0. The van der Waals surface area contributed by atoms with E-state index in [1.807, 2.05) is 0 Å². The predicted molar refractivity (Wildman–Crippen MR) is 91.9 cm³/mol. The van der Waals surface area contributed by atoms with E-state index in [0.29, 0.717) is 18.0 Å². The Kier molecular flexibility index (Phi) is 7.60. The Bertz CT molecular complexity index is 609. The number of ether oxygens (including phenoxy) is 2. The van der Waals surface area contributed by atoms with Crippen LogP contribution < -0.4 is 19.9 Å². The van der Waals surface area contributed by atoms with Crippen molar-refractivity contribution in [1.82, 2.24) is 4.72 Å². The molecule has 3 N–H and O–H groups in total. The third-order valence-electron chi connectivity index (χ3n) is 4.18. The van der Waals surface area contributed by atoms with Crippen LogP contribution in [0.25, 0.3) is 0 Å². The van der Waals surface area contributed by atoms with Gasteiger partial charge in [0.15, 0.2) is 11.5 Å². The molecule has 0 aromatic heterocycles. The summed E-state index contributed by atoms with van der Waals surface area (Å²) < 4.78 is 38.3. The number of nitrogens with two attached hydrogens (primary N) is 1. The van der Waals surface area contributed by atoms with Crippen LogP contribution in [0.5, 0.6) is 11.5 Å². The maximum atomic E-state index is 12.6. The van der Waals surface area contributed by atoms with Crippen molar-refractivity contribution < 1.29 is 17.9 Å². The van der Waals surface area contributed by atoms with E-state index in [1.165, 1.54) is 26.4 Å². The van der Waals surface area contributed by atoms with Gasteiger partial charge in [-0.1, -0.05) is 12.8 Å². The molecule has 1 aliphatic rings. The first kappa shape index (κ1) is 20.0. The molecule has 8 heteroatoms. The molecule has 1 fully saturated rings. The first-order valence-electron chi connectivity index (χ1n) is 7.46. The Morgan fingerprint density at radius 3 is 2.43 bits per heavy atom. The van der Waals surface area contributed by atoms with Gasteiger partial charge in [-0.3, -0.25) is 0 Å². The maximum absolute atomic E-state index is 12.6. The lowest BCUT2D eigenvalue weighted by Crippen LogP contribution is -2.44. The maximum Gasteiger partial charge on any atom is 0.240 e. The van der Waals surface area contributed by atoms with Crippen molar-refractivity contribution in [3.05, 3.63) is 18.2 Å². The zero-order chi connectivity index (χ0) is 16.2.